The molecule has 0 bridgehead atoms. The van der Waals surface area contributed by atoms with Crippen molar-refractivity contribution in [3.8, 4) is 0 Å². The number of hydrogen-bond acceptors (Lipinski definition) is 5. The summed E-state index contributed by atoms with van der Waals surface area (Å²) in [6.07, 6.45) is -0.567. The summed E-state index contributed by atoms with van der Waals surface area (Å²) in [4.78, 5) is 38.3. The molecule has 0 radical (unpaired) electrons. The van der Waals surface area contributed by atoms with Gasteiger partial charge in [0.1, 0.15) is 0 Å². The highest BCUT2D eigenvalue weighted by molar-refractivity contribution is 6.11. The number of benzene rings is 3. The Morgan fingerprint density at radius 3 is 2.26 bits per heavy atom. The molecule has 0 spiro atoms. The van der Waals surface area contributed by atoms with Crippen molar-refractivity contribution in [2.75, 3.05) is 17.2 Å². The van der Waals surface area contributed by atoms with Crippen LogP contribution < -0.4 is 16.2 Å². The lowest BCUT2D eigenvalue weighted by atomic mass is 10.1. The Morgan fingerprint density at radius 1 is 0.886 bits per heavy atom. The maximum absolute atomic E-state index is 13.3. The maximum atomic E-state index is 13.3. The van der Waals surface area contributed by atoms with Crippen LogP contribution in [0, 0.1) is 5.92 Å². The van der Waals surface area contributed by atoms with Crippen LogP contribution in [0.5, 0.6) is 0 Å². The van der Waals surface area contributed by atoms with Crippen molar-refractivity contribution in [2.24, 2.45) is 5.92 Å². The van der Waals surface area contributed by atoms with Gasteiger partial charge in [0.05, 0.1) is 18.5 Å². The summed E-state index contributed by atoms with van der Waals surface area (Å²) in [6.45, 7) is 4.44. The molecule has 0 saturated heterocycles. The molecule has 178 valence electrons. The summed E-state index contributed by atoms with van der Waals surface area (Å²) in [5.74, 6) is -0.249. The van der Waals surface area contributed by atoms with E-state index in [1.54, 1.807) is 48.5 Å². The third kappa shape index (κ3) is 5.92. The van der Waals surface area contributed by atoms with Crippen molar-refractivity contribution in [1.29, 1.82) is 0 Å². The van der Waals surface area contributed by atoms with Gasteiger partial charge >= 0.3 is 6.09 Å². The molecule has 0 aliphatic carbocycles. The number of carbonyl (C=O) groups excluding carboxylic acids is 2. The predicted molar refractivity (Wildman–Crippen MR) is 136 cm³/mol. The summed E-state index contributed by atoms with van der Waals surface area (Å²) in [5.41, 5.74) is 1.69. The third-order valence-corrected chi connectivity index (χ3v) is 5.17. The second-order valence-corrected chi connectivity index (χ2v) is 8.49. The summed E-state index contributed by atoms with van der Waals surface area (Å²) >= 11 is 0. The topological polar surface area (TPSA) is 102 Å². The zero-order valence-electron chi connectivity index (χ0n) is 19.5. The zero-order valence-corrected chi connectivity index (χ0v) is 19.5. The van der Waals surface area contributed by atoms with Crippen LogP contribution in [0.1, 0.15) is 29.9 Å². The molecule has 2 N–H and O–H groups in total. The van der Waals surface area contributed by atoms with Crippen LogP contribution >= 0.6 is 0 Å². The van der Waals surface area contributed by atoms with Crippen LogP contribution in [0.4, 0.5) is 16.2 Å². The van der Waals surface area contributed by atoms with E-state index in [-0.39, 0.29) is 23.7 Å². The molecule has 1 aromatic heterocycles. The van der Waals surface area contributed by atoms with Crippen LogP contribution in [0.2, 0.25) is 0 Å². The minimum absolute atomic E-state index is 0.130. The monoisotopic (exact) mass is 470 g/mol. The van der Waals surface area contributed by atoms with Gasteiger partial charge in [0.15, 0.2) is 5.69 Å². The fourth-order valence-corrected chi connectivity index (χ4v) is 3.53. The van der Waals surface area contributed by atoms with Crippen molar-refractivity contribution in [1.82, 2.24) is 9.78 Å². The van der Waals surface area contributed by atoms with E-state index < -0.39 is 12.0 Å². The second kappa shape index (κ2) is 10.6. The van der Waals surface area contributed by atoms with Gasteiger partial charge in [0.2, 0.25) is 0 Å². The van der Waals surface area contributed by atoms with Gasteiger partial charge in [-0.15, -0.1) is 0 Å². The molecule has 4 aromatic rings. The summed E-state index contributed by atoms with van der Waals surface area (Å²) < 4.78 is 6.44. The summed E-state index contributed by atoms with van der Waals surface area (Å²) in [6, 6.07) is 23.1. The summed E-state index contributed by atoms with van der Waals surface area (Å²) in [5, 5.41) is 10.7. The Morgan fingerprint density at radius 2 is 1.54 bits per heavy atom. The van der Waals surface area contributed by atoms with E-state index in [1.807, 2.05) is 44.2 Å². The van der Waals surface area contributed by atoms with E-state index in [9.17, 15) is 14.4 Å². The molecular weight excluding hydrogens is 444 g/mol. The number of aromatic nitrogens is 2. The lowest BCUT2D eigenvalue weighted by Crippen LogP contribution is -2.28. The molecule has 8 heteroatoms. The average Bonchev–Trinajstić information content (AvgIpc) is 2.85. The van der Waals surface area contributed by atoms with E-state index in [4.69, 9.17) is 4.74 Å². The molecule has 0 saturated carbocycles. The van der Waals surface area contributed by atoms with E-state index in [1.165, 1.54) is 4.68 Å². The van der Waals surface area contributed by atoms with E-state index in [0.717, 1.165) is 5.56 Å². The predicted octanol–water partition coefficient (Wildman–Crippen LogP) is 4.90. The minimum Gasteiger partial charge on any atom is -0.449 e. The van der Waals surface area contributed by atoms with Gasteiger partial charge in [-0.2, -0.15) is 5.10 Å². The third-order valence-electron chi connectivity index (χ3n) is 5.17. The molecule has 4 rings (SSSR count). The average molecular weight is 471 g/mol. The molecule has 35 heavy (non-hydrogen) atoms. The molecule has 0 atom stereocenters. The van der Waals surface area contributed by atoms with Gasteiger partial charge < -0.3 is 10.1 Å². The van der Waals surface area contributed by atoms with Gasteiger partial charge in [-0.3, -0.25) is 14.9 Å². The number of anilines is 2. The number of nitrogens with zero attached hydrogens (tertiary/aromatic N) is 2. The van der Waals surface area contributed by atoms with Crippen LogP contribution in [-0.2, 0) is 11.3 Å². The number of carbonyl (C=O) groups is 2. The van der Waals surface area contributed by atoms with Gasteiger partial charge in [-0.25, -0.2) is 9.48 Å². The molecule has 0 aliphatic heterocycles. The highest BCUT2D eigenvalue weighted by atomic mass is 16.5. The molecule has 2 amide bonds. The largest absolute Gasteiger partial charge is 0.449 e. The van der Waals surface area contributed by atoms with Crippen molar-refractivity contribution in [3.63, 3.8) is 0 Å². The van der Waals surface area contributed by atoms with Crippen molar-refractivity contribution < 1.29 is 14.3 Å². The van der Waals surface area contributed by atoms with Gasteiger partial charge in [-0.1, -0.05) is 68.4 Å². The standard InChI is InChI=1S/C27H26N4O4/c1-18(2)17-35-27(34)29-21-12-8-11-20(15-21)28-25(32)24-22-13-6-7-14-23(22)26(33)31(30-24)16-19-9-4-3-5-10-19/h3-15,18H,16-17H2,1-2H3,(H,28,32)(H,29,34). The first-order valence-electron chi connectivity index (χ1n) is 11.3. The normalized spacial score (nSPS) is 10.8. The first-order chi connectivity index (χ1) is 16.9. The molecule has 8 nitrogen and oxygen atoms in total. The first kappa shape index (κ1) is 23.7. The number of nitrogens with one attached hydrogen (secondary N) is 2. The second-order valence-electron chi connectivity index (χ2n) is 8.49. The lowest BCUT2D eigenvalue weighted by molar-refractivity contribution is 0.102. The van der Waals surface area contributed by atoms with E-state index in [0.29, 0.717) is 28.8 Å². The van der Waals surface area contributed by atoms with Gasteiger partial charge in [0.25, 0.3) is 11.5 Å². The zero-order chi connectivity index (χ0) is 24.8. The Labute approximate surface area is 202 Å². The molecular formula is C27H26N4O4. The lowest BCUT2D eigenvalue weighted by Gasteiger charge is -2.12. The van der Waals surface area contributed by atoms with Crippen LogP contribution in [-0.4, -0.2) is 28.4 Å². The van der Waals surface area contributed by atoms with Crippen molar-refractivity contribution in [2.45, 2.75) is 20.4 Å². The maximum Gasteiger partial charge on any atom is 0.411 e. The number of amides is 2. The fraction of sp³-hybridized carbons (Fsp3) is 0.185. The fourth-order valence-electron chi connectivity index (χ4n) is 3.53. The van der Waals surface area contributed by atoms with E-state index >= 15 is 0 Å². The SMILES string of the molecule is CC(C)COC(=O)Nc1cccc(NC(=O)c2nn(Cc3ccccc3)c(=O)c3ccccc23)c1. The van der Waals surface area contributed by atoms with Crippen LogP contribution in [0.3, 0.4) is 0 Å². The highest BCUT2D eigenvalue weighted by Crippen LogP contribution is 2.19. The highest BCUT2D eigenvalue weighted by Gasteiger charge is 2.17. The Hall–Kier alpha value is -4.46. The van der Waals surface area contributed by atoms with Crippen LogP contribution in [0.15, 0.2) is 83.7 Å². The minimum atomic E-state index is -0.567. The molecule has 0 aliphatic rings. The van der Waals surface area contributed by atoms with Crippen LogP contribution in [0.25, 0.3) is 10.8 Å². The number of rotatable bonds is 7. The molecule has 3 aromatic carbocycles. The molecule has 0 unspecified atom stereocenters. The van der Waals surface area contributed by atoms with Crippen molar-refractivity contribution >= 4 is 34.1 Å². The number of hydrogen-bond donors (Lipinski definition) is 2. The Bertz CT molecular complexity index is 1410. The Balaban J connectivity index is 1.60. The summed E-state index contributed by atoms with van der Waals surface area (Å²) in [7, 11) is 0. The van der Waals surface area contributed by atoms with E-state index in [2.05, 4.69) is 15.7 Å². The smallest absolute Gasteiger partial charge is 0.411 e. The van der Waals surface area contributed by atoms with Gasteiger partial charge in [0, 0.05) is 16.8 Å². The molecule has 0 fully saturated rings. The van der Waals surface area contributed by atoms with Crippen molar-refractivity contribution in [3.05, 3.63) is 100 Å². The number of ether oxygens (including phenoxy) is 1. The Kier molecular flexibility index (Phi) is 7.21. The number of fused-ring (bicyclic) bond motifs is 1. The first-order valence-corrected chi connectivity index (χ1v) is 11.3. The molecule has 1 heterocycles. The quantitative estimate of drug-likeness (QED) is 0.400. The van der Waals surface area contributed by atoms with Gasteiger partial charge in [-0.05, 0) is 35.7 Å².